The van der Waals surface area contributed by atoms with Crippen LogP contribution in [0.2, 0.25) is 0 Å². The Balaban J connectivity index is 1.96. The lowest BCUT2D eigenvalue weighted by Gasteiger charge is -2.21. The van der Waals surface area contributed by atoms with Crippen LogP contribution in [0.4, 0.5) is 5.69 Å². The lowest BCUT2D eigenvalue weighted by atomic mass is 10.0. The van der Waals surface area contributed by atoms with Crippen LogP contribution in [-0.2, 0) is 0 Å². The molecule has 0 amide bonds. The summed E-state index contributed by atoms with van der Waals surface area (Å²) in [5.41, 5.74) is 5.02. The summed E-state index contributed by atoms with van der Waals surface area (Å²) in [7, 11) is 0. The second-order valence-electron chi connectivity index (χ2n) is 5.56. The van der Waals surface area contributed by atoms with E-state index in [2.05, 4.69) is 106 Å². The van der Waals surface area contributed by atoms with Gasteiger partial charge < -0.3 is 5.32 Å². The summed E-state index contributed by atoms with van der Waals surface area (Å²) in [6.45, 7) is 4.30. The topological polar surface area (TPSA) is 24.1 Å². The van der Waals surface area contributed by atoms with Gasteiger partial charge in [0.25, 0.3) is 0 Å². The number of hydrogen-bond donors (Lipinski definition) is 2. The number of fused-ring (bicyclic) bond motifs is 1. The van der Waals surface area contributed by atoms with Gasteiger partial charge in [0, 0.05) is 33.9 Å². The van der Waals surface area contributed by atoms with Crippen LogP contribution in [0.5, 0.6) is 0 Å². The van der Waals surface area contributed by atoms with Gasteiger partial charge in [-0.15, -0.1) is 0 Å². The molecule has 0 saturated carbocycles. The lowest BCUT2D eigenvalue weighted by molar-refractivity contribution is 0.796. The maximum atomic E-state index is 3.62. The van der Waals surface area contributed by atoms with Gasteiger partial charge in [0.1, 0.15) is 6.17 Å². The molecule has 2 N–H and O–H groups in total. The third kappa shape index (κ3) is 3.10. The molecule has 3 rings (SSSR count). The highest BCUT2D eigenvalue weighted by atomic mass is 127. The Kier molecular flexibility index (Phi) is 4.64. The smallest absolute Gasteiger partial charge is 0.111 e. The zero-order chi connectivity index (χ0) is 15.5. The number of halogens is 1. The summed E-state index contributed by atoms with van der Waals surface area (Å²) in [6, 6.07) is 21.4. The van der Waals surface area contributed by atoms with Crippen molar-refractivity contribution >= 4 is 39.3 Å². The number of anilines is 1. The first-order chi connectivity index (χ1) is 10.7. The first-order valence-corrected chi connectivity index (χ1v) is 8.44. The first kappa shape index (κ1) is 15.3. The van der Waals surface area contributed by atoms with Crippen molar-refractivity contribution in [1.29, 1.82) is 0 Å². The predicted octanol–water partition coefficient (Wildman–Crippen LogP) is 5.51. The van der Waals surface area contributed by atoms with Crippen LogP contribution in [0.25, 0.3) is 10.8 Å². The molecule has 0 radical (unpaired) electrons. The number of aryl methyl sites for hydroxylation is 2. The Labute approximate surface area is 145 Å². The van der Waals surface area contributed by atoms with Crippen molar-refractivity contribution in [2.75, 3.05) is 5.32 Å². The van der Waals surface area contributed by atoms with E-state index in [-0.39, 0.29) is 6.17 Å². The van der Waals surface area contributed by atoms with Crippen molar-refractivity contribution in [3.05, 3.63) is 77.4 Å². The molecule has 0 aromatic heterocycles. The molecule has 0 bridgehead atoms. The maximum Gasteiger partial charge on any atom is 0.111 e. The van der Waals surface area contributed by atoms with E-state index in [1.807, 2.05) is 0 Å². The molecule has 1 atom stereocenters. The second kappa shape index (κ2) is 6.67. The van der Waals surface area contributed by atoms with Crippen molar-refractivity contribution in [3.63, 3.8) is 0 Å². The predicted molar refractivity (Wildman–Crippen MR) is 103 cm³/mol. The highest BCUT2D eigenvalue weighted by Gasteiger charge is 2.11. The highest BCUT2D eigenvalue weighted by molar-refractivity contribution is 14.1. The molecule has 3 aromatic carbocycles. The quantitative estimate of drug-likeness (QED) is 0.342. The first-order valence-electron chi connectivity index (χ1n) is 7.36. The number of hydrogen-bond acceptors (Lipinski definition) is 2. The third-order valence-electron chi connectivity index (χ3n) is 4.06. The average Bonchev–Trinajstić information content (AvgIpc) is 2.55. The molecule has 0 heterocycles. The van der Waals surface area contributed by atoms with Crippen LogP contribution in [0.15, 0.2) is 60.7 Å². The lowest BCUT2D eigenvalue weighted by Crippen LogP contribution is -2.20. The van der Waals surface area contributed by atoms with Crippen molar-refractivity contribution < 1.29 is 0 Å². The Hall–Kier alpha value is -1.59. The summed E-state index contributed by atoms with van der Waals surface area (Å²) < 4.78 is 3.34. The molecule has 0 aliphatic rings. The fourth-order valence-electron chi connectivity index (χ4n) is 2.62. The minimum Gasteiger partial charge on any atom is -0.365 e. The summed E-state index contributed by atoms with van der Waals surface area (Å²) in [6.07, 6.45) is 0.0747. The van der Waals surface area contributed by atoms with Gasteiger partial charge in [-0.05, 0) is 42.0 Å². The number of rotatable bonds is 4. The van der Waals surface area contributed by atoms with Gasteiger partial charge in [0.2, 0.25) is 0 Å². The Bertz CT molecular complexity index is 793. The van der Waals surface area contributed by atoms with E-state index in [4.69, 9.17) is 0 Å². The second-order valence-corrected chi connectivity index (χ2v) is 6.18. The maximum absolute atomic E-state index is 3.62. The van der Waals surface area contributed by atoms with E-state index in [9.17, 15) is 0 Å². The molecular formula is C19H19IN2. The fourth-order valence-corrected chi connectivity index (χ4v) is 3.14. The van der Waals surface area contributed by atoms with Gasteiger partial charge in [0.15, 0.2) is 0 Å². The standard InChI is InChI=1S/C19H19IN2/c1-13-10-11-16(12-14(13)2)19(22-20)21-18-9-5-7-15-6-3-4-8-17(15)18/h3-12,19,21-22H,1-2H3. The Morgan fingerprint density at radius 1 is 0.864 bits per heavy atom. The largest absolute Gasteiger partial charge is 0.365 e. The molecule has 0 spiro atoms. The molecule has 112 valence electrons. The molecule has 0 fully saturated rings. The number of benzene rings is 3. The van der Waals surface area contributed by atoms with E-state index < -0.39 is 0 Å². The SMILES string of the molecule is Cc1ccc(C(NI)Nc2cccc3ccccc23)cc1C. The van der Waals surface area contributed by atoms with E-state index in [0.29, 0.717) is 0 Å². The van der Waals surface area contributed by atoms with Gasteiger partial charge in [-0.1, -0.05) is 54.6 Å². The molecule has 2 nitrogen and oxygen atoms in total. The summed E-state index contributed by atoms with van der Waals surface area (Å²) in [5.74, 6) is 0. The third-order valence-corrected chi connectivity index (χ3v) is 4.69. The zero-order valence-corrected chi connectivity index (χ0v) is 14.9. The zero-order valence-electron chi connectivity index (χ0n) is 12.7. The Morgan fingerprint density at radius 2 is 1.64 bits per heavy atom. The van der Waals surface area contributed by atoms with Crippen LogP contribution in [0.1, 0.15) is 22.9 Å². The van der Waals surface area contributed by atoms with Gasteiger partial charge in [-0.25, -0.2) is 3.53 Å². The molecule has 3 heteroatoms. The van der Waals surface area contributed by atoms with Crippen LogP contribution in [0, 0.1) is 13.8 Å². The summed E-state index contributed by atoms with van der Waals surface area (Å²) in [4.78, 5) is 0. The Morgan fingerprint density at radius 3 is 2.41 bits per heavy atom. The van der Waals surface area contributed by atoms with E-state index in [1.165, 1.54) is 27.5 Å². The molecule has 0 saturated heterocycles. The fraction of sp³-hybridized carbons (Fsp3) is 0.158. The normalized spacial score (nSPS) is 12.3. The van der Waals surface area contributed by atoms with Gasteiger partial charge in [-0.3, -0.25) is 0 Å². The summed E-state index contributed by atoms with van der Waals surface area (Å²) in [5, 5.41) is 6.11. The molecule has 0 aliphatic heterocycles. The molecular weight excluding hydrogens is 383 g/mol. The minimum atomic E-state index is 0.0747. The number of nitrogens with one attached hydrogen (secondary N) is 2. The van der Waals surface area contributed by atoms with Gasteiger partial charge >= 0.3 is 0 Å². The van der Waals surface area contributed by atoms with Crippen molar-refractivity contribution in [2.24, 2.45) is 0 Å². The van der Waals surface area contributed by atoms with Crippen LogP contribution >= 0.6 is 22.9 Å². The average molecular weight is 402 g/mol. The molecule has 1 unspecified atom stereocenters. The monoisotopic (exact) mass is 402 g/mol. The summed E-state index contributed by atoms with van der Waals surface area (Å²) >= 11 is 2.21. The van der Waals surface area contributed by atoms with Crippen LogP contribution in [0.3, 0.4) is 0 Å². The van der Waals surface area contributed by atoms with Crippen molar-refractivity contribution in [3.8, 4) is 0 Å². The highest BCUT2D eigenvalue weighted by Crippen LogP contribution is 2.27. The van der Waals surface area contributed by atoms with E-state index in [0.717, 1.165) is 5.69 Å². The minimum absolute atomic E-state index is 0.0747. The van der Waals surface area contributed by atoms with Gasteiger partial charge in [-0.2, -0.15) is 0 Å². The molecule has 0 aliphatic carbocycles. The molecule has 22 heavy (non-hydrogen) atoms. The van der Waals surface area contributed by atoms with Crippen LogP contribution < -0.4 is 8.85 Å². The molecule has 3 aromatic rings. The van der Waals surface area contributed by atoms with Crippen LogP contribution in [-0.4, -0.2) is 0 Å². The van der Waals surface area contributed by atoms with E-state index >= 15 is 0 Å². The van der Waals surface area contributed by atoms with Crippen molar-refractivity contribution in [2.45, 2.75) is 20.0 Å². The van der Waals surface area contributed by atoms with Gasteiger partial charge in [0.05, 0.1) is 0 Å². The van der Waals surface area contributed by atoms with Crippen molar-refractivity contribution in [1.82, 2.24) is 3.53 Å². The van der Waals surface area contributed by atoms with E-state index in [1.54, 1.807) is 0 Å².